The van der Waals surface area contributed by atoms with Gasteiger partial charge in [0.2, 0.25) is 0 Å². The molecule has 2 aliphatic rings. The van der Waals surface area contributed by atoms with E-state index in [1.807, 2.05) is 12.1 Å². The van der Waals surface area contributed by atoms with Gasteiger partial charge < -0.3 is 9.53 Å². The van der Waals surface area contributed by atoms with Crippen molar-refractivity contribution < 1.29 is 17.9 Å². The minimum atomic E-state index is -3.21. The summed E-state index contributed by atoms with van der Waals surface area (Å²) in [4.78, 5) is 13.8. The van der Waals surface area contributed by atoms with E-state index in [0.717, 1.165) is 50.0 Å². The van der Waals surface area contributed by atoms with Gasteiger partial charge in [-0.2, -0.15) is 0 Å². The Hall–Kier alpha value is -2.18. The number of likely N-dealkylation sites (tertiary alicyclic amines) is 1. The van der Waals surface area contributed by atoms with Gasteiger partial charge >= 0.3 is 0 Å². The summed E-state index contributed by atoms with van der Waals surface area (Å²) in [5.41, 5.74) is 3.62. The molecule has 154 valence electrons. The number of carbonyl (C=O) groups is 1. The smallest absolute Gasteiger partial charge is 0.178 e. The van der Waals surface area contributed by atoms with Crippen molar-refractivity contribution in [2.75, 3.05) is 25.4 Å². The topological polar surface area (TPSA) is 63.7 Å². The Balaban J connectivity index is 1.58. The fraction of sp³-hybridized carbons (Fsp3) is 0.435. The number of benzene rings is 2. The van der Waals surface area contributed by atoms with Crippen LogP contribution in [0.25, 0.3) is 0 Å². The molecule has 2 aliphatic heterocycles. The van der Waals surface area contributed by atoms with Gasteiger partial charge in [-0.05, 0) is 60.1 Å². The molecule has 2 atom stereocenters. The molecule has 2 heterocycles. The number of nitrogens with zero attached hydrogens (tertiary/aromatic N) is 1. The maximum absolute atomic E-state index is 12.1. The van der Waals surface area contributed by atoms with Gasteiger partial charge in [-0.25, -0.2) is 8.42 Å². The average molecular weight is 414 g/mol. The summed E-state index contributed by atoms with van der Waals surface area (Å²) in [6, 6.07) is 13.8. The molecule has 0 amide bonds. The number of aryl methyl sites for hydroxylation is 1. The van der Waals surface area contributed by atoms with Crippen molar-refractivity contribution in [2.45, 2.75) is 43.0 Å². The minimum Gasteiger partial charge on any atom is -0.493 e. The van der Waals surface area contributed by atoms with Crippen molar-refractivity contribution in [1.82, 2.24) is 4.90 Å². The van der Waals surface area contributed by atoms with E-state index in [-0.39, 0.29) is 11.8 Å². The monoisotopic (exact) mass is 413 g/mol. The van der Waals surface area contributed by atoms with Crippen LogP contribution in [0.3, 0.4) is 0 Å². The number of hydrogen-bond acceptors (Lipinski definition) is 5. The minimum absolute atomic E-state index is 0.0944. The van der Waals surface area contributed by atoms with Gasteiger partial charge in [-0.1, -0.05) is 31.2 Å². The lowest BCUT2D eigenvalue weighted by Crippen LogP contribution is -2.25. The molecule has 2 unspecified atom stereocenters. The maximum atomic E-state index is 12.1. The summed E-state index contributed by atoms with van der Waals surface area (Å²) < 4.78 is 29.9. The predicted molar refractivity (Wildman–Crippen MR) is 112 cm³/mol. The molecular weight excluding hydrogens is 386 g/mol. The zero-order chi connectivity index (χ0) is 20.4. The maximum Gasteiger partial charge on any atom is 0.178 e. The van der Waals surface area contributed by atoms with Gasteiger partial charge in [0, 0.05) is 12.6 Å². The third kappa shape index (κ3) is 4.09. The number of fused-ring (bicyclic) bond motifs is 1. The molecule has 5 nitrogen and oxygen atoms in total. The highest BCUT2D eigenvalue weighted by Crippen LogP contribution is 2.41. The predicted octanol–water partition coefficient (Wildman–Crippen LogP) is 3.53. The zero-order valence-corrected chi connectivity index (χ0v) is 17.5. The molecular formula is C23H27NO4S. The fourth-order valence-corrected chi connectivity index (χ4v) is 5.37. The Bertz CT molecular complexity index is 984. The van der Waals surface area contributed by atoms with Gasteiger partial charge in [0.15, 0.2) is 9.84 Å². The van der Waals surface area contributed by atoms with Crippen LogP contribution in [0.2, 0.25) is 0 Å². The molecule has 0 saturated carbocycles. The van der Waals surface area contributed by atoms with Crippen LogP contribution in [-0.4, -0.2) is 45.1 Å². The highest BCUT2D eigenvalue weighted by atomic mass is 32.2. The lowest BCUT2D eigenvalue weighted by atomic mass is 9.91. The van der Waals surface area contributed by atoms with Crippen LogP contribution in [-0.2, 0) is 21.1 Å². The van der Waals surface area contributed by atoms with E-state index in [1.165, 1.54) is 11.1 Å². The first-order valence-electron chi connectivity index (χ1n) is 10.3. The number of sulfone groups is 1. The summed E-state index contributed by atoms with van der Waals surface area (Å²) in [6.45, 7) is 3.64. The number of hydrogen-bond donors (Lipinski definition) is 0. The second kappa shape index (κ2) is 8.28. The van der Waals surface area contributed by atoms with Crippen molar-refractivity contribution in [3.05, 3.63) is 59.2 Å². The first kappa shape index (κ1) is 20.1. The van der Waals surface area contributed by atoms with E-state index in [2.05, 4.69) is 23.1 Å². The third-order valence-corrected chi connectivity index (χ3v) is 7.87. The molecule has 0 radical (unpaired) electrons. The highest BCUT2D eigenvalue weighted by molar-refractivity contribution is 7.91. The number of ether oxygens (including phenoxy) is 1. The van der Waals surface area contributed by atoms with Crippen LogP contribution in [0.5, 0.6) is 5.75 Å². The lowest BCUT2D eigenvalue weighted by Gasteiger charge is -2.22. The van der Waals surface area contributed by atoms with Gasteiger partial charge in [0.05, 0.1) is 23.8 Å². The molecule has 2 aromatic rings. The second-order valence-corrected chi connectivity index (χ2v) is 10.1. The first-order chi connectivity index (χ1) is 14.0. The van der Waals surface area contributed by atoms with Crippen molar-refractivity contribution in [2.24, 2.45) is 0 Å². The Morgan fingerprint density at radius 3 is 2.62 bits per heavy atom. The first-order valence-corrected chi connectivity index (χ1v) is 11.9. The average Bonchev–Trinajstić information content (AvgIpc) is 3.17. The molecule has 1 saturated heterocycles. The quantitative estimate of drug-likeness (QED) is 0.678. The third-order valence-electron chi connectivity index (χ3n) is 6.12. The molecule has 0 aliphatic carbocycles. The van der Waals surface area contributed by atoms with E-state index in [4.69, 9.17) is 4.74 Å². The Labute approximate surface area is 172 Å². The van der Waals surface area contributed by atoms with E-state index in [1.54, 1.807) is 19.1 Å². The van der Waals surface area contributed by atoms with E-state index >= 15 is 0 Å². The van der Waals surface area contributed by atoms with Crippen LogP contribution < -0.4 is 4.74 Å². The molecule has 0 bridgehead atoms. The van der Waals surface area contributed by atoms with E-state index in [0.29, 0.717) is 17.4 Å². The zero-order valence-electron chi connectivity index (χ0n) is 16.7. The van der Waals surface area contributed by atoms with Gasteiger partial charge in [-0.3, -0.25) is 4.90 Å². The van der Waals surface area contributed by atoms with Gasteiger partial charge in [-0.15, -0.1) is 0 Å². The summed E-state index contributed by atoms with van der Waals surface area (Å²) in [7, 11) is -3.21. The van der Waals surface area contributed by atoms with Crippen LogP contribution in [0.15, 0.2) is 47.4 Å². The SMILES string of the molecule is CCS(=O)(=O)c1ccc(C2CC(c3ccc4c(c3)CCCO4)CN2CC=O)cc1. The summed E-state index contributed by atoms with van der Waals surface area (Å²) in [5, 5.41) is 0. The molecule has 0 aromatic heterocycles. The molecule has 29 heavy (non-hydrogen) atoms. The van der Waals surface area contributed by atoms with E-state index < -0.39 is 9.84 Å². The van der Waals surface area contributed by atoms with Gasteiger partial charge in [0.25, 0.3) is 0 Å². The number of carbonyl (C=O) groups excluding carboxylic acids is 1. The summed E-state index contributed by atoms with van der Waals surface area (Å²) >= 11 is 0. The largest absolute Gasteiger partial charge is 0.493 e. The Kier molecular flexibility index (Phi) is 5.74. The number of rotatable bonds is 6. The highest BCUT2D eigenvalue weighted by Gasteiger charge is 2.34. The second-order valence-electron chi connectivity index (χ2n) is 7.86. The molecule has 4 rings (SSSR count). The van der Waals surface area contributed by atoms with Crippen LogP contribution >= 0.6 is 0 Å². The fourth-order valence-electron chi connectivity index (χ4n) is 4.49. The van der Waals surface area contributed by atoms with Crippen LogP contribution in [0.1, 0.15) is 48.4 Å². The Morgan fingerprint density at radius 1 is 1.14 bits per heavy atom. The lowest BCUT2D eigenvalue weighted by molar-refractivity contribution is -0.109. The standard InChI is InChI=1S/C23H27NO4S/c1-2-29(26,27)21-8-5-17(6-9-21)22-15-20(16-24(22)11-12-25)18-7-10-23-19(14-18)4-3-13-28-23/h5-10,12,14,20,22H,2-4,11,13,15-16H2,1H3. The molecule has 0 N–H and O–H groups in total. The Morgan fingerprint density at radius 2 is 1.90 bits per heavy atom. The van der Waals surface area contributed by atoms with Crippen molar-refractivity contribution in [3.63, 3.8) is 0 Å². The molecule has 1 fully saturated rings. The van der Waals surface area contributed by atoms with Crippen LogP contribution in [0, 0.1) is 0 Å². The normalized spacial score (nSPS) is 22.1. The van der Waals surface area contributed by atoms with Crippen molar-refractivity contribution >= 4 is 16.1 Å². The molecule has 0 spiro atoms. The van der Waals surface area contributed by atoms with E-state index in [9.17, 15) is 13.2 Å². The summed E-state index contributed by atoms with van der Waals surface area (Å²) in [6.07, 6.45) is 3.96. The molecule has 6 heteroatoms. The molecule has 2 aromatic carbocycles. The number of aldehydes is 1. The van der Waals surface area contributed by atoms with Gasteiger partial charge in [0.1, 0.15) is 12.0 Å². The van der Waals surface area contributed by atoms with Crippen molar-refractivity contribution in [1.29, 1.82) is 0 Å². The summed E-state index contributed by atoms with van der Waals surface area (Å²) in [5.74, 6) is 1.43. The van der Waals surface area contributed by atoms with Crippen molar-refractivity contribution in [3.8, 4) is 5.75 Å². The van der Waals surface area contributed by atoms with Crippen LogP contribution in [0.4, 0.5) is 0 Å².